The van der Waals surface area contributed by atoms with Gasteiger partial charge in [0.2, 0.25) is 0 Å². The Kier molecular flexibility index (Phi) is 3.56. The van der Waals surface area contributed by atoms with Crippen molar-refractivity contribution in [1.29, 1.82) is 0 Å². The number of fused-ring (bicyclic) bond motifs is 1. The highest BCUT2D eigenvalue weighted by Gasteiger charge is 2.07. The lowest BCUT2D eigenvalue weighted by atomic mass is 10.2. The third-order valence-electron chi connectivity index (χ3n) is 2.96. The molecule has 5 heteroatoms. The number of ether oxygens (including phenoxy) is 1. The Morgan fingerprint density at radius 2 is 2.15 bits per heavy atom. The average Bonchev–Trinajstić information content (AvgIpc) is 2.88. The molecule has 0 atom stereocenters. The molecule has 3 aromatic rings. The molecule has 0 aliphatic carbocycles. The highest BCUT2D eigenvalue weighted by atomic mass is 35.5. The Balaban J connectivity index is 1.79. The molecule has 0 saturated carbocycles. The van der Waals surface area contributed by atoms with E-state index in [1.54, 1.807) is 6.07 Å². The summed E-state index contributed by atoms with van der Waals surface area (Å²) in [6, 6.07) is 10.1. The first kappa shape index (κ1) is 12.9. The van der Waals surface area contributed by atoms with E-state index in [-0.39, 0.29) is 11.7 Å². The molecule has 0 bridgehead atoms. The number of imidazole rings is 1. The topological polar surface area (TPSA) is 26.5 Å². The van der Waals surface area contributed by atoms with Crippen LogP contribution in [0, 0.1) is 5.82 Å². The zero-order valence-electron chi connectivity index (χ0n) is 10.6. The molecule has 0 radical (unpaired) electrons. The Hall–Kier alpha value is -2.07. The number of hydrogen-bond acceptors (Lipinski definition) is 2. The van der Waals surface area contributed by atoms with Crippen molar-refractivity contribution in [2.75, 3.05) is 0 Å². The molecular formula is C15H12ClFN2O. The summed E-state index contributed by atoms with van der Waals surface area (Å²) in [6.07, 6.45) is 3.83. The molecule has 0 fully saturated rings. The summed E-state index contributed by atoms with van der Waals surface area (Å²) >= 11 is 5.78. The zero-order chi connectivity index (χ0) is 13.9. The van der Waals surface area contributed by atoms with Gasteiger partial charge in [-0.3, -0.25) is 0 Å². The van der Waals surface area contributed by atoms with Crippen LogP contribution in [0.5, 0.6) is 5.75 Å². The van der Waals surface area contributed by atoms with E-state index >= 15 is 0 Å². The standard InChI is InChI=1S/C15H12ClFN2O/c16-8-11-7-12(17)4-5-14(11)20-10-13-9-19-6-2-1-3-15(19)18-13/h1-7,9H,8,10H2. The van der Waals surface area contributed by atoms with Crippen LogP contribution >= 0.6 is 11.6 Å². The molecule has 0 unspecified atom stereocenters. The van der Waals surface area contributed by atoms with Gasteiger partial charge in [-0.1, -0.05) is 6.07 Å². The van der Waals surface area contributed by atoms with Crippen LogP contribution in [-0.4, -0.2) is 9.38 Å². The molecule has 2 aromatic heterocycles. The Bertz CT molecular complexity index is 709. The zero-order valence-corrected chi connectivity index (χ0v) is 11.3. The van der Waals surface area contributed by atoms with Crippen molar-refractivity contribution in [3.05, 3.63) is 65.9 Å². The number of aromatic nitrogens is 2. The molecule has 0 N–H and O–H groups in total. The van der Waals surface area contributed by atoms with Crippen molar-refractivity contribution in [2.45, 2.75) is 12.5 Å². The van der Waals surface area contributed by atoms with E-state index in [4.69, 9.17) is 16.3 Å². The first-order valence-electron chi connectivity index (χ1n) is 6.16. The third-order valence-corrected chi connectivity index (χ3v) is 3.24. The van der Waals surface area contributed by atoms with Gasteiger partial charge in [0, 0.05) is 18.0 Å². The lowest BCUT2D eigenvalue weighted by molar-refractivity contribution is 0.299. The molecule has 20 heavy (non-hydrogen) atoms. The van der Waals surface area contributed by atoms with Crippen LogP contribution in [0.2, 0.25) is 0 Å². The average molecular weight is 291 g/mol. The predicted octanol–water partition coefficient (Wildman–Crippen LogP) is 3.79. The minimum atomic E-state index is -0.319. The lowest BCUT2D eigenvalue weighted by Crippen LogP contribution is -1.98. The molecule has 3 nitrogen and oxygen atoms in total. The molecule has 0 saturated heterocycles. The molecule has 0 aliphatic rings. The van der Waals surface area contributed by atoms with E-state index in [1.165, 1.54) is 12.1 Å². The van der Waals surface area contributed by atoms with Crippen LogP contribution in [0.25, 0.3) is 5.65 Å². The first-order chi connectivity index (χ1) is 9.76. The van der Waals surface area contributed by atoms with E-state index in [2.05, 4.69) is 4.98 Å². The Morgan fingerprint density at radius 1 is 1.25 bits per heavy atom. The largest absolute Gasteiger partial charge is 0.487 e. The molecule has 0 aliphatic heterocycles. The highest BCUT2D eigenvalue weighted by molar-refractivity contribution is 6.17. The summed E-state index contributed by atoms with van der Waals surface area (Å²) in [5, 5.41) is 0. The SMILES string of the molecule is Fc1ccc(OCc2cn3ccccc3n2)c(CCl)c1. The van der Waals surface area contributed by atoms with Crippen molar-refractivity contribution in [3.8, 4) is 5.75 Å². The van der Waals surface area contributed by atoms with Crippen molar-refractivity contribution in [3.63, 3.8) is 0 Å². The number of rotatable bonds is 4. The quantitative estimate of drug-likeness (QED) is 0.683. The molecular weight excluding hydrogens is 279 g/mol. The van der Waals surface area contributed by atoms with Gasteiger partial charge in [-0.15, -0.1) is 11.6 Å². The summed E-state index contributed by atoms with van der Waals surface area (Å²) in [7, 11) is 0. The van der Waals surface area contributed by atoms with Crippen LogP contribution in [0.4, 0.5) is 4.39 Å². The Morgan fingerprint density at radius 3 is 2.95 bits per heavy atom. The van der Waals surface area contributed by atoms with Crippen LogP contribution in [0.1, 0.15) is 11.3 Å². The molecule has 1 aromatic carbocycles. The fraction of sp³-hybridized carbons (Fsp3) is 0.133. The fourth-order valence-corrected chi connectivity index (χ4v) is 2.21. The van der Waals surface area contributed by atoms with E-state index in [0.29, 0.717) is 17.9 Å². The number of nitrogens with zero attached hydrogens (tertiary/aromatic N) is 2. The van der Waals surface area contributed by atoms with Crippen LogP contribution in [-0.2, 0) is 12.5 Å². The normalized spacial score (nSPS) is 10.9. The number of hydrogen-bond donors (Lipinski definition) is 0. The van der Waals surface area contributed by atoms with Gasteiger partial charge in [0.05, 0.1) is 11.6 Å². The van der Waals surface area contributed by atoms with Crippen LogP contribution < -0.4 is 4.74 Å². The number of alkyl halides is 1. The maximum absolute atomic E-state index is 13.1. The van der Waals surface area contributed by atoms with Crippen LogP contribution in [0.3, 0.4) is 0 Å². The lowest BCUT2D eigenvalue weighted by Gasteiger charge is -2.08. The second-order valence-corrected chi connectivity index (χ2v) is 4.64. The third kappa shape index (κ3) is 2.60. The van der Waals surface area contributed by atoms with E-state index in [0.717, 1.165) is 11.3 Å². The van der Waals surface area contributed by atoms with Gasteiger partial charge in [-0.05, 0) is 30.3 Å². The van der Waals surface area contributed by atoms with Gasteiger partial charge in [-0.25, -0.2) is 9.37 Å². The minimum Gasteiger partial charge on any atom is -0.487 e. The molecule has 2 heterocycles. The van der Waals surface area contributed by atoms with Gasteiger partial charge in [0.1, 0.15) is 23.8 Å². The predicted molar refractivity (Wildman–Crippen MR) is 75.5 cm³/mol. The molecule has 102 valence electrons. The summed E-state index contributed by atoms with van der Waals surface area (Å²) < 4.78 is 20.7. The minimum absolute atomic E-state index is 0.207. The van der Waals surface area contributed by atoms with E-state index in [1.807, 2.05) is 35.0 Å². The van der Waals surface area contributed by atoms with Gasteiger partial charge in [0.25, 0.3) is 0 Å². The smallest absolute Gasteiger partial charge is 0.137 e. The summed E-state index contributed by atoms with van der Waals surface area (Å²) in [6.45, 7) is 0.317. The number of pyridine rings is 1. The van der Waals surface area contributed by atoms with Crippen molar-refractivity contribution >= 4 is 17.2 Å². The second-order valence-electron chi connectivity index (χ2n) is 4.37. The second kappa shape index (κ2) is 5.51. The van der Waals surface area contributed by atoms with Crippen molar-refractivity contribution in [1.82, 2.24) is 9.38 Å². The van der Waals surface area contributed by atoms with Gasteiger partial charge in [0.15, 0.2) is 0 Å². The van der Waals surface area contributed by atoms with E-state index in [9.17, 15) is 4.39 Å². The van der Waals surface area contributed by atoms with Gasteiger partial charge >= 0.3 is 0 Å². The summed E-state index contributed by atoms with van der Waals surface area (Å²) in [5.41, 5.74) is 2.30. The number of halogens is 2. The monoisotopic (exact) mass is 290 g/mol. The Labute approximate surface area is 120 Å². The first-order valence-corrected chi connectivity index (χ1v) is 6.69. The highest BCUT2D eigenvalue weighted by Crippen LogP contribution is 2.22. The molecule has 3 rings (SSSR count). The fourth-order valence-electron chi connectivity index (χ4n) is 2.00. The maximum Gasteiger partial charge on any atom is 0.137 e. The maximum atomic E-state index is 13.1. The van der Waals surface area contributed by atoms with Crippen LogP contribution in [0.15, 0.2) is 48.8 Å². The summed E-state index contributed by atoms with van der Waals surface area (Å²) in [5.74, 6) is 0.470. The van der Waals surface area contributed by atoms with Gasteiger partial charge in [-0.2, -0.15) is 0 Å². The number of benzene rings is 1. The van der Waals surface area contributed by atoms with Crippen molar-refractivity contribution in [2.24, 2.45) is 0 Å². The van der Waals surface area contributed by atoms with Crippen molar-refractivity contribution < 1.29 is 9.13 Å². The molecule has 0 spiro atoms. The van der Waals surface area contributed by atoms with E-state index < -0.39 is 0 Å². The molecule has 0 amide bonds. The summed E-state index contributed by atoms with van der Waals surface area (Å²) in [4.78, 5) is 4.43. The van der Waals surface area contributed by atoms with Gasteiger partial charge < -0.3 is 9.14 Å².